The smallest absolute Gasteiger partial charge is 0.311 e. The Bertz CT molecular complexity index is 771. The van der Waals surface area contributed by atoms with E-state index in [1.165, 1.54) is 0 Å². The first-order chi connectivity index (χ1) is 13.7. The van der Waals surface area contributed by atoms with Gasteiger partial charge in [-0.2, -0.15) is 0 Å². The molecule has 10 nitrogen and oxygen atoms in total. The number of rotatable bonds is 3. The van der Waals surface area contributed by atoms with Gasteiger partial charge in [0.2, 0.25) is 5.95 Å². The van der Waals surface area contributed by atoms with E-state index >= 15 is 0 Å². The van der Waals surface area contributed by atoms with Crippen molar-refractivity contribution < 1.29 is 24.6 Å². The molecule has 0 aromatic carbocycles. The van der Waals surface area contributed by atoms with Crippen LogP contribution in [-0.4, -0.2) is 81.1 Å². The van der Waals surface area contributed by atoms with Crippen molar-refractivity contribution in [3.63, 3.8) is 0 Å². The molecule has 160 valence electrons. The van der Waals surface area contributed by atoms with Crippen molar-refractivity contribution in [2.45, 2.75) is 45.1 Å². The Balaban J connectivity index is 0.000000941. The number of amides is 1. The van der Waals surface area contributed by atoms with Crippen molar-refractivity contribution in [1.29, 1.82) is 0 Å². The van der Waals surface area contributed by atoms with Crippen molar-refractivity contribution in [3.8, 4) is 0 Å². The van der Waals surface area contributed by atoms with Crippen LogP contribution in [0.25, 0.3) is 0 Å². The zero-order valence-corrected chi connectivity index (χ0v) is 17.0. The Kier molecular flexibility index (Phi) is 7.12. The molecule has 0 radical (unpaired) electrons. The highest BCUT2D eigenvalue weighted by atomic mass is 16.4. The Hall–Kier alpha value is -2.75. The van der Waals surface area contributed by atoms with Crippen LogP contribution < -0.4 is 5.73 Å². The predicted octanol–water partition coefficient (Wildman–Crippen LogP) is 0.894. The molecule has 0 bridgehead atoms. The summed E-state index contributed by atoms with van der Waals surface area (Å²) in [6.07, 6.45) is 1.99. The van der Waals surface area contributed by atoms with Gasteiger partial charge in [0.15, 0.2) is 0 Å². The zero-order valence-electron chi connectivity index (χ0n) is 17.0. The van der Waals surface area contributed by atoms with Gasteiger partial charge in [0.05, 0.1) is 5.41 Å². The fourth-order valence-electron chi connectivity index (χ4n) is 4.22. The van der Waals surface area contributed by atoms with Gasteiger partial charge < -0.3 is 25.7 Å². The van der Waals surface area contributed by atoms with Crippen molar-refractivity contribution in [1.82, 2.24) is 19.8 Å². The van der Waals surface area contributed by atoms with E-state index in [1.54, 1.807) is 11.0 Å². The summed E-state index contributed by atoms with van der Waals surface area (Å²) in [4.78, 5) is 45.4. The molecule has 3 heterocycles. The molecule has 1 amide bonds. The van der Waals surface area contributed by atoms with Crippen molar-refractivity contribution in [2.24, 2.45) is 5.41 Å². The molecule has 2 saturated heterocycles. The van der Waals surface area contributed by atoms with Crippen LogP contribution in [-0.2, 0) is 9.59 Å². The van der Waals surface area contributed by atoms with Gasteiger partial charge in [0.25, 0.3) is 12.4 Å². The number of carboxylic acids is 1. The average molecular weight is 407 g/mol. The number of hydrogen-bond acceptors (Lipinski definition) is 7. The van der Waals surface area contributed by atoms with Crippen LogP contribution in [0.1, 0.15) is 55.2 Å². The number of likely N-dealkylation sites (tertiary alicyclic amines) is 2. The number of aromatic nitrogens is 2. The maximum Gasteiger partial charge on any atom is 0.311 e. The molecule has 1 aromatic heterocycles. The van der Waals surface area contributed by atoms with Crippen molar-refractivity contribution >= 4 is 24.3 Å². The zero-order chi connectivity index (χ0) is 21.8. The van der Waals surface area contributed by atoms with Crippen LogP contribution in [0.15, 0.2) is 6.07 Å². The highest BCUT2D eigenvalue weighted by Gasteiger charge is 2.52. The summed E-state index contributed by atoms with van der Waals surface area (Å²) in [6.45, 7) is 5.36. The van der Waals surface area contributed by atoms with Crippen molar-refractivity contribution in [3.05, 3.63) is 17.5 Å². The van der Waals surface area contributed by atoms with E-state index in [-0.39, 0.29) is 36.0 Å². The summed E-state index contributed by atoms with van der Waals surface area (Å²) in [5.41, 5.74) is 6.02. The molecular formula is C19H29N5O5. The monoisotopic (exact) mass is 407 g/mol. The van der Waals surface area contributed by atoms with Crippen LogP contribution in [0.5, 0.6) is 0 Å². The number of carboxylic acid groups (broad SMARTS) is 2. The topological polar surface area (TPSA) is 150 Å². The molecule has 3 rings (SSSR count). The maximum atomic E-state index is 13.0. The Morgan fingerprint density at radius 1 is 1.31 bits per heavy atom. The SMILES string of the molecule is CC(C)c1cc(C(=O)N2CC[C@@]3(C(=O)O)CCCN(C)[C@@H]3C2)nc(N)n1.O=CO. The second kappa shape index (κ2) is 9.17. The maximum absolute atomic E-state index is 13.0. The number of carbonyl (C=O) groups is 3. The van der Waals surface area contributed by atoms with Crippen LogP contribution in [0.2, 0.25) is 0 Å². The largest absolute Gasteiger partial charge is 0.483 e. The lowest BCUT2D eigenvalue weighted by molar-refractivity contribution is -0.161. The first-order valence-corrected chi connectivity index (χ1v) is 9.61. The van der Waals surface area contributed by atoms with E-state index in [0.717, 1.165) is 18.7 Å². The fourth-order valence-corrected chi connectivity index (χ4v) is 4.22. The minimum Gasteiger partial charge on any atom is -0.483 e. The van der Waals surface area contributed by atoms with E-state index in [4.69, 9.17) is 15.6 Å². The van der Waals surface area contributed by atoms with Gasteiger partial charge in [0.1, 0.15) is 5.69 Å². The van der Waals surface area contributed by atoms with Crippen LogP contribution in [0, 0.1) is 5.41 Å². The number of aliphatic carboxylic acids is 1. The van der Waals surface area contributed by atoms with Gasteiger partial charge in [-0.1, -0.05) is 13.8 Å². The van der Waals surface area contributed by atoms with E-state index < -0.39 is 11.4 Å². The average Bonchev–Trinajstić information content (AvgIpc) is 2.67. The van der Waals surface area contributed by atoms with E-state index in [2.05, 4.69) is 14.9 Å². The van der Waals surface area contributed by atoms with Gasteiger partial charge in [-0.05, 0) is 44.8 Å². The molecule has 0 unspecified atom stereocenters. The number of nitrogens with zero attached hydrogens (tertiary/aromatic N) is 4. The lowest BCUT2D eigenvalue weighted by atomic mass is 9.68. The standard InChI is InChI=1S/C18H27N5O3.CH2O2/c1-11(2)12-9-13(21-17(19)20-12)15(24)23-8-6-18(16(25)26)5-4-7-22(3)14(18)10-23;2-1-3/h9,11,14H,4-8,10H2,1-3H3,(H,25,26)(H2,19,20,21);1H,(H,2,3)/t14-,18+;/m1./s1. The molecule has 29 heavy (non-hydrogen) atoms. The minimum absolute atomic E-state index is 0.0891. The normalized spacial score (nSPS) is 24.3. The third-order valence-electron chi connectivity index (χ3n) is 5.81. The number of nitrogens with two attached hydrogens (primary N) is 1. The molecule has 2 atom stereocenters. The second-order valence-electron chi connectivity index (χ2n) is 7.86. The van der Waals surface area contributed by atoms with E-state index in [1.807, 2.05) is 20.9 Å². The summed E-state index contributed by atoms with van der Waals surface area (Å²) in [5.74, 6) is -0.739. The number of likely N-dealkylation sites (N-methyl/N-ethyl adjacent to an activating group) is 1. The third kappa shape index (κ3) is 4.64. The molecule has 1 aromatic rings. The third-order valence-corrected chi connectivity index (χ3v) is 5.81. The quantitative estimate of drug-likeness (QED) is 0.621. The number of hydrogen-bond donors (Lipinski definition) is 3. The van der Waals surface area contributed by atoms with Gasteiger partial charge >= 0.3 is 5.97 Å². The van der Waals surface area contributed by atoms with Gasteiger partial charge in [-0.15, -0.1) is 0 Å². The molecule has 0 saturated carbocycles. The predicted molar refractivity (Wildman–Crippen MR) is 105 cm³/mol. The minimum atomic E-state index is -0.766. The van der Waals surface area contributed by atoms with Crippen LogP contribution in [0.3, 0.4) is 0 Å². The van der Waals surface area contributed by atoms with E-state index in [9.17, 15) is 14.7 Å². The van der Waals surface area contributed by atoms with Crippen LogP contribution in [0.4, 0.5) is 5.95 Å². The molecule has 4 N–H and O–H groups in total. The number of anilines is 1. The summed E-state index contributed by atoms with van der Waals surface area (Å²) < 4.78 is 0. The summed E-state index contributed by atoms with van der Waals surface area (Å²) in [5, 5.41) is 16.7. The van der Waals surface area contributed by atoms with Gasteiger partial charge in [-0.25, -0.2) is 9.97 Å². The van der Waals surface area contributed by atoms with Crippen molar-refractivity contribution in [2.75, 3.05) is 32.4 Å². The van der Waals surface area contributed by atoms with Gasteiger partial charge in [0, 0.05) is 24.8 Å². The molecular weight excluding hydrogens is 378 g/mol. The second-order valence-corrected chi connectivity index (χ2v) is 7.86. The Morgan fingerprint density at radius 2 is 1.97 bits per heavy atom. The molecule has 2 aliphatic heterocycles. The fraction of sp³-hybridized carbons (Fsp3) is 0.632. The highest BCUT2D eigenvalue weighted by molar-refractivity contribution is 5.93. The summed E-state index contributed by atoms with van der Waals surface area (Å²) in [6, 6.07) is 1.50. The number of piperidine rings is 2. The molecule has 0 spiro atoms. The lowest BCUT2D eigenvalue weighted by Crippen LogP contribution is -2.63. The summed E-state index contributed by atoms with van der Waals surface area (Å²) >= 11 is 0. The number of nitrogen functional groups attached to an aromatic ring is 1. The first kappa shape index (κ1) is 22.5. The molecule has 10 heteroatoms. The Morgan fingerprint density at radius 3 is 2.55 bits per heavy atom. The molecule has 2 fully saturated rings. The highest BCUT2D eigenvalue weighted by Crippen LogP contribution is 2.42. The lowest BCUT2D eigenvalue weighted by Gasteiger charge is -2.51. The summed E-state index contributed by atoms with van der Waals surface area (Å²) in [7, 11) is 1.94. The van der Waals surface area contributed by atoms with Gasteiger partial charge in [-0.3, -0.25) is 14.4 Å². The van der Waals surface area contributed by atoms with E-state index in [0.29, 0.717) is 25.9 Å². The number of carbonyl (C=O) groups excluding carboxylic acids is 1. The molecule has 2 aliphatic rings. The first-order valence-electron chi connectivity index (χ1n) is 9.61. The Labute approximate surface area is 169 Å². The molecule has 0 aliphatic carbocycles. The van der Waals surface area contributed by atoms with Crippen LogP contribution >= 0.6 is 0 Å². The number of fused-ring (bicyclic) bond motifs is 1.